The summed E-state index contributed by atoms with van der Waals surface area (Å²) in [4.78, 5) is 25.5. The molecule has 0 amide bonds. The van der Waals surface area contributed by atoms with Crippen LogP contribution in [0.4, 0.5) is 0 Å². The molecular formula is C20H37NO4S. The Morgan fingerprint density at radius 3 is 2.08 bits per heavy atom. The van der Waals surface area contributed by atoms with Crippen LogP contribution in [0.3, 0.4) is 0 Å². The fourth-order valence-corrected chi connectivity index (χ4v) is 6.12. The predicted octanol–water partition coefficient (Wildman–Crippen LogP) is 3.58. The number of rotatable bonds is 9. The molecule has 0 aromatic rings. The number of ketones is 2. The van der Waals surface area contributed by atoms with Gasteiger partial charge in [0, 0.05) is 17.9 Å². The third kappa shape index (κ3) is 6.76. The lowest BCUT2D eigenvalue weighted by Crippen LogP contribution is -2.44. The Hall–Kier alpha value is -0.750. The highest BCUT2D eigenvalue weighted by Crippen LogP contribution is 2.43. The van der Waals surface area contributed by atoms with E-state index in [1.165, 1.54) is 0 Å². The van der Waals surface area contributed by atoms with E-state index in [0.717, 1.165) is 12.7 Å². The van der Waals surface area contributed by atoms with Crippen LogP contribution in [-0.2, 0) is 19.6 Å². The molecule has 0 heterocycles. The summed E-state index contributed by atoms with van der Waals surface area (Å²) in [5, 5.41) is 0. The van der Waals surface area contributed by atoms with Gasteiger partial charge in [-0.2, -0.15) is 0 Å². The van der Waals surface area contributed by atoms with E-state index in [0.29, 0.717) is 25.2 Å². The average Bonchev–Trinajstić information content (AvgIpc) is 2.58. The normalized spacial score (nSPS) is 23.7. The quantitative estimate of drug-likeness (QED) is 0.613. The minimum Gasteiger partial charge on any atom is -0.299 e. The van der Waals surface area contributed by atoms with Crippen LogP contribution in [0.2, 0.25) is 0 Å². The number of sulfonamides is 1. The van der Waals surface area contributed by atoms with Gasteiger partial charge in [0.25, 0.3) is 0 Å². The smallest absolute Gasteiger partial charge is 0.209 e. The molecule has 152 valence electrons. The van der Waals surface area contributed by atoms with Gasteiger partial charge in [-0.1, -0.05) is 34.6 Å². The standard InChI is InChI=1S/C20H37NO4S/c1-13(2)11-19(4,5)17-16(22)10-15(18(17)23)9-14(3)12-20(6,7)21-26(8,24)25/h13-15,17,21H,9-12H2,1-8H3/t14-,15?,17?/m0/s1. The number of Topliss-reactive ketones (excluding diaryl/α,β-unsaturated/α-hetero) is 2. The van der Waals surface area contributed by atoms with E-state index < -0.39 is 21.5 Å². The van der Waals surface area contributed by atoms with Crippen molar-refractivity contribution in [3.63, 3.8) is 0 Å². The Morgan fingerprint density at radius 1 is 1.08 bits per heavy atom. The molecule has 1 aliphatic carbocycles. The van der Waals surface area contributed by atoms with Crippen LogP contribution in [0.5, 0.6) is 0 Å². The first-order chi connectivity index (χ1) is 11.5. The molecule has 0 aliphatic heterocycles. The van der Waals surface area contributed by atoms with Crippen molar-refractivity contribution >= 4 is 21.6 Å². The summed E-state index contributed by atoms with van der Waals surface area (Å²) in [5.74, 6) is 0.0133. The third-order valence-corrected chi connectivity index (χ3v) is 6.10. The van der Waals surface area contributed by atoms with Crippen molar-refractivity contribution in [1.29, 1.82) is 0 Å². The lowest BCUT2D eigenvalue weighted by Gasteiger charge is -2.32. The van der Waals surface area contributed by atoms with Crippen LogP contribution in [0.25, 0.3) is 0 Å². The monoisotopic (exact) mass is 387 g/mol. The van der Waals surface area contributed by atoms with Crippen LogP contribution in [0.15, 0.2) is 0 Å². The molecule has 1 N–H and O–H groups in total. The largest absolute Gasteiger partial charge is 0.299 e. The number of hydrogen-bond acceptors (Lipinski definition) is 4. The van der Waals surface area contributed by atoms with Crippen molar-refractivity contribution < 1.29 is 18.0 Å². The molecule has 0 spiro atoms. The van der Waals surface area contributed by atoms with Gasteiger partial charge in [0.1, 0.15) is 11.6 Å². The highest BCUT2D eigenvalue weighted by molar-refractivity contribution is 7.88. The molecule has 1 aliphatic rings. The minimum absolute atomic E-state index is 0.0753. The summed E-state index contributed by atoms with van der Waals surface area (Å²) in [6.07, 6.45) is 3.59. The van der Waals surface area contributed by atoms with Crippen molar-refractivity contribution in [2.24, 2.45) is 29.1 Å². The Bertz CT molecular complexity index is 634. The number of carbonyl (C=O) groups excluding carboxylic acids is 2. The SMILES string of the molecule is CC(C)CC(C)(C)C1C(=O)CC(C[C@H](C)CC(C)(C)NS(C)(=O)=O)C1=O. The zero-order chi connectivity index (χ0) is 20.5. The van der Waals surface area contributed by atoms with E-state index in [4.69, 9.17) is 0 Å². The van der Waals surface area contributed by atoms with Gasteiger partial charge in [-0.15, -0.1) is 0 Å². The minimum atomic E-state index is -3.28. The maximum absolute atomic E-state index is 12.9. The molecule has 5 nitrogen and oxygen atoms in total. The van der Waals surface area contributed by atoms with E-state index in [9.17, 15) is 18.0 Å². The maximum atomic E-state index is 12.9. The Kier molecular flexibility index (Phi) is 7.25. The molecule has 6 heteroatoms. The summed E-state index contributed by atoms with van der Waals surface area (Å²) in [6, 6.07) is 0. The summed E-state index contributed by atoms with van der Waals surface area (Å²) in [6.45, 7) is 14.0. The van der Waals surface area contributed by atoms with Crippen LogP contribution in [0.1, 0.15) is 74.1 Å². The number of nitrogens with one attached hydrogen (secondary N) is 1. The molecule has 2 unspecified atom stereocenters. The van der Waals surface area contributed by atoms with Crippen LogP contribution >= 0.6 is 0 Å². The highest BCUT2D eigenvalue weighted by Gasteiger charge is 2.49. The van der Waals surface area contributed by atoms with E-state index in [1.54, 1.807) is 0 Å². The van der Waals surface area contributed by atoms with Crippen LogP contribution in [0, 0.1) is 29.1 Å². The summed E-state index contributed by atoms with van der Waals surface area (Å²) >= 11 is 0. The summed E-state index contributed by atoms with van der Waals surface area (Å²) < 4.78 is 25.6. The molecule has 0 radical (unpaired) electrons. The molecule has 1 fully saturated rings. The van der Waals surface area contributed by atoms with Crippen molar-refractivity contribution in [2.45, 2.75) is 79.7 Å². The molecule has 0 saturated heterocycles. The Balaban J connectivity index is 2.77. The van der Waals surface area contributed by atoms with Crippen LogP contribution in [-0.4, -0.2) is 31.8 Å². The zero-order valence-electron chi connectivity index (χ0n) is 17.7. The predicted molar refractivity (Wildman–Crippen MR) is 105 cm³/mol. The second kappa shape index (κ2) is 8.09. The van der Waals surface area contributed by atoms with Crippen LogP contribution < -0.4 is 4.72 Å². The van der Waals surface area contributed by atoms with Crippen molar-refractivity contribution in [3.8, 4) is 0 Å². The lowest BCUT2D eigenvalue weighted by atomic mass is 9.71. The van der Waals surface area contributed by atoms with Crippen molar-refractivity contribution in [1.82, 2.24) is 4.72 Å². The van der Waals surface area contributed by atoms with Gasteiger partial charge in [0.2, 0.25) is 10.0 Å². The highest BCUT2D eigenvalue weighted by atomic mass is 32.2. The first-order valence-electron chi connectivity index (χ1n) is 9.59. The topological polar surface area (TPSA) is 80.3 Å². The van der Waals surface area contributed by atoms with Gasteiger partial charge >= 0.3 is 0 Å². The fraction of sp³-hybridized carbons (Fsp3) is 0.900. The van der Waals surface area contributed by atoms with E-state index in [1.807, 2.05) is 34.6 Å². The third-order valence-electron chi connectivity index (χ3n) is 5.18. The van der Waals surface area contributed by atoms with Crippen molar-refractivity contribution in [3.05, 3.63) is 0 Å². The van der Waals surface area contributed by atoms with E-state index >= 15 is 0 Å². The van der Waals surface area contributed by atoms with Gasteiger partial charge in [0.05, 0.1) is 12.2 Å². The second-order valence-corrected chi connectivity index (χ2v) is 11.8. The number of hydrogen-bond donors (Lipinski definition) is 1. The van der Waals surface area contributed by atoms with Gasteiger partial charge in [0.15, 0.2) is 0 Å². The van der Waals surface area contributed by atoms with Gasteiger partial charge < -0.3 is 0 Å². The fourth-order valence-electron chi connectivity index (χ4n) is 5.03. The molecule has 0 bridgehead atoms. The second-order valence-electron chi connectivity index (χ2n) is 10.1. The summed E-state index contributed by atoms with van der Waals surface area (Å²) in [7, 11) is -3.28. The first-order valence-corrected chi connectivity index (χ1v) is 11.5. The first kappa shape index (κ1) is 23.3. The maximum Gasteiger partial charge on any atom is 0.209 e. The molecule has 3 atom stereocenters. The molecule has 1 rings (SSSR count). The summed E-state index contributed by atoms with van der Waals surface area (Å²) in [5.41, 5.74) is -0.883. The van der Waals surface area contributed by atoms with E-state index in [-0.39, 0.29) is 28.8 Å². The van der Waals surface area contributed by atoms with Gasteiger partial charge in [-0.05, 0) is 50.4 Å². The van der Waals surface area contributed by atoms with Gasteiger partial charge in [-0.3, -0.25) is 9.59 Å². The van der Waals surface area contributed by atoms with Crippen molar-refractivity contribution in [2.75, 3.05) is 6.26 Å². The number of carbonyl (C=O) groups is 2. The molecule has 26 heavy (non-hydrogen) atoms. The van der Waals surface area contributed by atoms with Gasteiger partial charge in [-0.25, -0.2) is 13.1 Å². The molecule has 0 aromatic carbocycles. The zero-order valence-corrected chi connectivity index (χ0v) is 18.5. The Morgan fingerprint density at radius 2 is 1.62 bits per heavy atom. The van der Waals surface area contributed by atoms with E-state index in [2.05, 4.69) is 18.6 Å². The average molecular weight is 388 g/mol. The molecular weight excluding hydrogens is 350 g/mol. The Labute approximate surface area is 159 Å². The molecule has 0 aromatic heterocycles. The molecule has 1 saturated carbocycles. The lowest BCUT2D eigenvalue weighted by molar-refractivity contribution is -0.133.